The van der Waals surface area contributed by atoms with Crippen molar-refractivity contribution in [2.75, 3.05) is 6.61 Å². The Hall–Kier alpha value is -2.55. The van der Waals surface area contributed by atoms with Crippen LogP contribution in [0.25, 0.3) is 10.9 Å². The summed E-state index contributed by atoms with van der Waals surface area (Å²) in [6, 6.07) is 18.3. The van der Waals surface area contributed by atoms with Crippen molar-refractivity contribution in [3.05, 3.63) is 71.4 Å². The van der Waals surface area contributed by atoms with Gasteiger partial charge in [-0.3, -0.25) is 0 Å². The second-order valence-corrected chi connectivity index (χ2v) is 5.38. The second-order valence-electron chi connectivity index (χ2n) is 5.38. The van der Waals surface area contributed by atoms with Gasteiger partial charge in [0, 0.05) is 17.4 Å². The van der Waals surface area contributed by atoms with E-state index in [4.69, 9.17) is 4.74 Å². The smallest absolute Gasteiger partial charge is 0.354 e. The van der Waals surface area contributed by atoms with E-state index in [1.54, 1.807) is 0 Å². The van der Waals surface area contributed by atoms with Crippen molar-refractivity contribution < 1.29 is 9.53 Å². The number of fused-ring (bicyclic) bond motifs is 1. The molecule has 3 aromatic rings. The summed E-state index contributed by atoms with van der Waals surface area (Å²) in [5.41, 5.74) is 4.04. The first-order valence-corrected chi connectivity index (χ1v) is 7.50. The van der Waals surface area contributed by atoms with Crippen molar-refractivity contribution in [1.82, 2.24) is 4.57 Å². The third-order valence-corrected chi connectivity index (χ3v) is 3.76. The molecule has 0 fully saturated rings. The SMILES string of the molecule is CCOC(=O)c1cc2ccccc2n1Cc1ccc(C)cc1. The lowest BCUT2D eigenvalue weighted by molar-refractivity contribution is 0.0515. The number of benzene rings is 2. The molecule has 0 aliphatic heterocycles. The third kappa shape index (κ3) is 2.75. The molecule has 1 heterocycles. The molecule has 0 saturated carbocycles. The van der Waals surface area contributed by atoms with Crippen LogP contribution >= 0.6 is 0 Å². The number of ether oxygens (including phenoxy) is 1. The van der Waals surface area contributed by atoms with Gasteiger partial charge in [0.25, 0.3) is 0 Å². The number of esters is 1. The zero-order valence-corrected chi connectivity index (χ0v) is 12.9. The normalized spacial score (nSPS) is 10.8. The Morgan fingerprint density at radius 1 is 1.09 bits per heavy atom. The first-order chi connectivity index (χ1) is 10.7. The summed E-state index contributed by atoms with van der Waals surface area (Å²) >= 11 is 0. The Kier molecular flexibility index (Phi) is 3.96. The van der Waals surface area contributed by atoms with Crippen molar-refractivity contribution >= 4 is 16.9 Å². The number of nitrogens with zero attached hydrogens (tertiary/aromatic N) is 1. The number of rotatable bonds is 4. The van der Waals surface area contributed by atoms with E-state index in [1.807, 2.05) is 41.8 Å². The average Bonchev–Trinajstić information content (AvgIpc) is 2.89. The minimum absolute atomic E-state index is 0.272. The van der Waals surface area contributed by atoms with Crippen molar-refractivity contribution in [2.24, 2.45) is 0 Å². The summed E-state index contributed by atoms with van der Waals surface area (Å²) in [4.78, 5) is 12.2. The fourth-order valence-corrected chi connectivity index (χ4v) is 2.63. The molecule has 3 nitrogen and oxygen atoms in total. The van der Waals surface area contributed by atoms with Gasteiger partial charge in [0.1, 0.15) is 5.69 Å². The highest BCUT2D eigenvalue weighted by molar-refractivity contribution is 5.95. The summed E-state index contributed by atoms with van der Waals surface area (Å²) in [6.07, 6.45) is 0. The second kappa shape index (κ2) is 6.06. The molecular weight excluding hydrogens is 274 g/mol. The van der Waals surface area contributed by atoms with Crippen LogP contribution in [0.4, 0.5) is 0 Å². The molecule has 3 rings (SSSR count). The highest BCUT2D eigenvalue weighted by Gasteiger charge is 2.16. The van der Waals surface area contributed by atoms with Gasteiger partial charge in [-0.1, -0.05) is 48.0 Å². The van der Waals surface area contributed by atoms with E-state index < -0.39 is 0 Å². The van der Waals surface area contributed by atoms with E-state index in [1.165, 1.54) is 5.56 Å². The Bertz CT molecular complexity index is 800. The summed E-state index contributed by atoms with van der Waals surface area (Å²) in [5, 5.41) is 1.05. The lowest BCUT2D eigenvalue weighted by Crippen LogP contribution is -2.12. The van der Waals surface area contributed by atoms with Crippen molar-refractivity contribution in [1.29, 1.82) is 0 Å². The topological polar surface area (TPSA) is 31.2 Å². The maximum atomic E-state index is 12.2. The highest BCUT2D eigenvalue weighted by Crippen LogP contribution is 2.22. The number of hydrogen-bond donors (Lipinski definition) is 0. The predicted molar refractivity (Wildman–Crippen MR) is 88.2 cm³/mol. The van der Waals surface area contributed by atoms with Gasteiger partial charge >= 0.3 is 5.97 Å². The third-order valence-electron chi connectivity index (χ3n) is 3.76. The maximum Gasteiger partial charge on any atom is 0.354 e. The molecule has 0 saturated heterocycles. The Morgan fingerprint density at radius 2 is 1.82 bits per heavy atom. The first-order valence-electron chi connectivity index (χ1n) is 7.50. The monoisotopic (exact) mass is 293 g/mol. The molecule has 0 N–H and O–H groups in total. The van der Waals surface area contributed by atoms with Crippen LogP contribution in [-0.2, 0) is 11.3 Å². The molecule has 0 aliphatic carbocycles. The molecule has 0 spiro atoms. The van der Waals surface area contributed by atoms with Crippen molar-refractivity contribution in [3.8, 4) is 0 Å². The van der Waals surface area contributed by atoms with Crippen LogP contribution in [0.3, 0.4) is 0 Å². The lowest BCUT2D eigenvalue weighted by atomic mass is 10.1. The molecule has 0 unspecified atom stereocenters. The molecule has 22 heavy (non-hydrogen) atoms. The number of aryl methyl sites for hydroxylation is 1. The molecular formula is C19H19NO2. The van der Waals surface area contributed by atoms with Gasteiger partial charge < -0.3 is 9.30 Å². The first kappa shape index (κ1) is 14.4. The molecule has 0 aliphatic rings. The number of aromatic nitrogens is 1. The molecule has 0 amide bonds. The molecule has 3 heteroatoms. The summed E-state index contributed by atoms with van der Waals surface area (Å²) < 4.78 is 7.22. The van der Waals surface area contributed by atoms with Crippen molar-refractivity contribution in [3.63, 3.8) is 0 Å². The summed E-state index contributed by atoms with van der Waals surface area (Å²) in [7, 11) is 0. The Labute approximate surface area is 130 Å². The van der Waals surface area contributed by atoms with Crippen LogP contribution in [0.1, 0.15) is 28.5 Å². The Morgan fingerprint density at radius 3 is 2.55 bits per heavy atom. The molecule has 1 aromatic heterocycles. The van der Waals surface area contributed by atoms with E-state index in [0.29, 0.717) is 18.8 Å². The molecule has 2 aromatic carbocycles. The number of para-hydroxylation sites is 1. The minimum atomic E-state index is -0.272. The number of carbonyl (C=O) groups is 1. The molecule has 0 radical (unpaired) electrons. The van der Waals surface area contributed by atoms with Crippen molar-refractivity contribution in [2.45, 2.75) is 20.4 Å². The van der Waals surface area contributed by atoms with Crippen LogP contribution < -0.4 is 0 Å². The standard InChI is InChI=1S/C19H19NO2/c1-3-22-19(21)18-12-16-6-4-5-7-17(16)20(18)13-15-10-8-14(2)9-11-15/h4-12H,3,13H2,1-2H3. The van der Waals surface area contributed by atoms with E-state index in [-0.39, 0.29) is 5.97 Å². The highest BCUT2D eigenvalue weighted by atomic mass is 16.5. The van der Waals surface area contributed by atoms with Crippen LogP contribution in [0.5, 0.6) is 0 Å². The Balaban J connectivity index is 2.07. The van der Waals surface area contributed by atoms with Gasteiger partial charge in [0.05, 0.1) is 6.61 Å². The summed E-state index contributed by atoms with van der Waals surface area (Å²) in [6.45, 7) is 4.93. The van der Waals surface area contributed by atoms with E-state index in [9.17, 15) is 4.79 Å². The maximum absolute atomic E-state index is 12.2. The van der Waals surface area contributed by atoms with Crippen LogP contribution in [-0.4, -0.2) is 17.1 Å². The number of hydrogen-bond acceptors (Lipinski definition) is 2. The van der Waals surface area contributed by atoms with Gasteiger partial charge in [-0.2, -0.15) is 0 Å². The molecule has 0 bridgehead atoms. The quantitative estimate of drug-likeness (QED) is 0.676. The van der Waals surface area contributed by atoms with E-state index in [2.05, 4.69) is 31.2 Å². The van der Waals surface area contributed by atoms with Gasteiger partial charge in [-0.25, -0.2) is 4.79 Å². The fourth-order valence-electron chi connectivity index (χ4n) is 2.63. The zero-order valence-electron chi connectivity index (χ0n) is 12.9. The fraction of sp³-hybridized carbons (Fsp3) is 0.211. The molecule has 0 atom stereocenters. The molecule has 112 valence electrons. The van der Waals surface area contributed by atoms with Crippen LogP contribution in [0.15, 0.2) is 54.6 Å². The lowest BCUT2D eigenvalue weighted by Gasteiger charge is -2.10. The van der Waals surface area contributed by atoms with Gasteiger partial charge in [-0.05, 0) is 31.5 Å². The average molecular weight is 293 g/mol. The van der Waals surface area contributed by atoms with Gasteiger partial charge in [-0.15, -0.1) is 0 Å². The predicted octanol–water partition coefficient (Wildman–Crippen LogP) is 4.17. The van der Waals surface area contributed by atoms with Crippen LogP contribution in [0.2, 0.25) is 0 Å². The minimum Gasteiger partial charge on any atom is -0.461 e. The van der Waals surface area contributed by atoms with Crippen LogP contribution in [0, 0.1) is 6.92 Å². The zero-order chi connectivity index (χ0) is 15.5. The van der Waals surface area contributed by atoms with E-state index in [0.717, 1.165) is 16.5 Å². The van der Waals surface area contributed by atoms with Gasteiger partial charge in [0.2, 0.25) is 0 Å². The number of carbonyl (C=O) groups excluding carboxylic acids is 1. The van der Waals surface area contributed by atoms with Gasteiger partial charge in [0.15, 0.2) is 0 Å². The summed E-state index contributed by atoms with van der Waals surface area (Å²) in [5.74, 6) is -0.272. The van der Waals surface area contributed by atoms with E-state index >= 15 is 0 Å². The largest absolute Gasteiger partial charge is 0.461 e.